The minimum absolute atomic E-state index is 0.240. The molecule has 1 aromatic carbocycles. The maximum absolute atomic E-state index is 11.9. The number of piperidine rings is 1. The van der Waals surface area contributed by atoms with Gasteiger partial charge in [-0.05, 0) is 68.5 Å². The van der Waals surface area contributed by atoms with Gasteiger partial charge in [-0.1, -0.05) is 13.3 Å². The van der Waals surface area contributed by atoms with E-state index in [-0.39, 0.29) is 5.63 Å². The molecule has 0 aliphatic carbocycles. The lowest BCUT2D eigenvalue weighted by Gasteiger charge is -2.35. The Morgan fingerprint density at radius 3 is 2.73 bits per heavy atom. The Bertz CT molecular complexity index is 732. The van der Waals surface area contributed by atoms with Crippen LogP contribution in [0.1, 0.15) is 49.3 Å². The van der Waals surface area contributed by atoms with Gasteiger partial charge in [-0.15, -0.1) is 0 Å². The zero-order chi connectivity index (χ0) is 15.7. The summed E-state index contributed by atoms with van der Waals surface area (Å²) < 4.78 is 5.41. The van der Waals surface area contributed by atoms with E-state index in [0.717, 1.165) is 35.2 Å². The second kappa shape index (κ2) is 6.25. The topological polar surface area (TPSA) is 33.5 Å². The Hall–Kier alpha value is -1.61. The third-order valence-corrected chi connectivity index (χ3v) is 5.04. The van der Waals surface area contributed by atoms with Gasteiger partial charge < -0.3 is 4.42 Å². The second-order valence-corrected chi connectivity index (χ2v) is 6.55. The molecule has 1 aromatic heterocycles. The molecule has 1 saturated heterocycles. The zero-order valence-electron chi connectivity index (χ0n) is 13.8. The summed E-state index contributed by atoms with van der Waals surface area (Å²) >= 11 is 0. The highest BCUT2D eigenvalue weighted by atomic mass is 16.4. The van der Waals surface area contributed by atoms with Crippen molar-refractivity contribution in [2.75, 3.05) is 6.54 Å². The lowest BCUT2D eigenvalue weighted by Crippen LogP contribution is -2.38. The minimum atomic E-state index is -0.240. The van der Waals surface area contributed by atoms with Crippen LogP contribution in [-0.4, -0.2) is 17.5 Å². The Morgan fingerprint density at radius 1 is 1.18 bits per heavy atom. The Labute approximate surface area is 131 Å². The van der Waals surface area contributed by atoms with Gasteiger partial charge in [-0.2, -0.15) is 0 Å². The van der Waals surface area contributed by atoms with Gasteiger partial charge in [0.05, 0.1) is 0 Å². The van der Waals surface area contributed by atoms with Gasteiger partial charge in [-0.3, -0.25) is 4.90 Å². The second-order valence-electron chi connectivity index (χ2n) is 6.55. The number of benzene rings is 1. The molecule has 118 valence electrons. The number of aryl methyl sites for hydroxylation is 2. The number of likely N-dealkylation sites (tertiary alicyclic amines) is 1. The number of hydrogen-bond acceptors (Lipinski definition) is 3. The maximum Gasteiger partial charge on any atom is 0.336 e. The first kappa shape index (κ1) is 15.3. The molecule has 0 amide bonds. The first-order chi connectivity index (χ1) is 10.6. The molecule has 0 radical (unpaired) electrons. The van der Waals surface area contributed by atoms with Crippen molar-refractivity contribution >= 4 is 11.0 Å². The minimum Gasteiger partial charge on any atom is -0.423 e. The predicted octanol–water partition coefficient (Wildman–Crippen LogP) is 4.17. The quantitative estimate of drug-likeness (QED) is 0.797. The van der Waals surface area contributed by atoms with Crippen LogP contribution in [0.5, 0.6) is 0 Å². The SMILES string of the molecule is CCC1CCCCN1Cc1cc(=O)oc2cc(C)c(C)cc12. The van der Waals surface area contributed by atoms with Crippen LogP contribution in [0, 0.1) is 13.8 Å². The third kappa shape index (κ3) is 2.95. The molecule has 3 heteroatoms. The fourth-order valence-electron chi connectivity index (χ4n) is 3.56. The molecule has 0 bridgehead atoms. The normalized spacial score (nSPS) is 19.7. The van der Waals surface area contributed by atoms with Crippen molar-refractivity contribution in [3.8, 4) is 0 Å². The predicted molar refractivity (Wildman–Crippen MR) is 90.3 cm³/mol. The maximum atomic E-state index is 11.9. The van der Waals surface area contributed by atoms with Gasteiger partial charge in [0.2, 0.25) is 0 Å². The number of rotatable bonds is 3. The van der Waals surface area contributed by atoms with Crippen LogP contribution in [0.3, 0.4) is 0 Å². The molecule has 2 heterocycles. The molecule has 1 atom stereocenters. The average molecular weight is 299 g/mol. The van der Waals surface area contributed by atoms with E-state index in [1.165, 1.54) is 31.2 Å². The van der Waals surface area contributed by atoms with Gasteiger partial charge in [-0.25, -0.2) is 4.79 Å². The molecule has 3 rings (SSSR count). The van der Waals surface area contributed by atoms with Gasteiger partial charge in [0, 0.05) is 24.0 Å². The molecule has 0 N–H and O–H groups in total. The molecule has 1 aliphatic heterocycles. The van der Waals surface area contributed by atoms with E-state index >= 15 is 0 Å². The van der Waals surface area contributed by atoms with Crippen LogP contribution >= 0.6 is 0 Å². The van der Waals surface area contributed by atoms with Crippen molar-refractivity contribution in [3.63, 3.8) is 0 Å². The van der Waals surface area contributed by atoms with Gasteiger partial charge >= 0.3 is 5.63 Å². The summed E-state index contributed by atoms with van der Waals surface area (Å²) in [5, 5.41) is 1.09. The lowest BCUT2D eigenvalue weighted by atomic mass is 9.98. The fraction of sp³-hybridized carbons (Fsp3) is 0.526. The Balaban J connectivity index is 2.02. The molecule has 1 unspecified atom stereocenters. The lowest BCUT2D eigenvalue weighted by molar-refractivity contribution is 0.136. The molecule has 0 spiro atoms. The molecular formula is C19H25NO2. The summed E-state index contributed by atoms with van der Waals surface area (Å²) in [5.41, 5.74) is 3.99. The van der Waals surface area contributed by atoms with E-state index in [1.807, 2.05) is 6.07 Å². The van der Waals surface area contributed by atoms with Gasteiger partial charge in [0.25, 0.3) is 0 Å². The van der Waals surface area contributed by atoms with Crippen LogP contribution < -0.4 is 5.63 Å². The molecule has 22 heavy (non-hydrogen) atoms. The Kier molecular flexibility index (Phi) is 4.34. The zero-order valence-corrected chi connectivity index (χ0v) is 13.8. The number of nitrogens with zero attached hydrogens (tertiary/aromatic N) is 1. The highest BCUT2D eigenvalue weighted by Crippen LogP contribution is 2.26. The van der Waals surface area contributed by atoms with Crippen LogP contribution in [0.15, 0.2) is 27.4 Å². The van der Waals surface area contributed by atoms with Crippen molar-refractivity contribution < 1.29 is 4.42 Å². The van der Waals surface area contributed by atoms with Crippen molar-refractivity contribution in [1.29, 1.82) is 0 Å². The van der Waals surface area contributed by atoms with Crippen molar-refractivity contribution in [2.45, 2.75) is 59.0 Å². The summed E-state index contributed by atoms with van der Waals surface area (Å²) in [7, 11) is 0. The van der Waals surface area contributed by atoms with Crippen LogP contribution in [0.2, 0.25) is 0 Å². The van der Waals surface area contributed by atoms with Crippen LogP contribution in [-0.2, 0) is 6.54 Å². The molecule has 3 nitrogen and oxygen atoms in total. The summed E-state index contributed by atoms with van der Waals surface area (Å²) in [6, 6.07) is 6.47. The van der Waals surface area contributed by atoms with E-state index in [9.17, 15) is 4.79 Å². The van der Waals surface area contributed by atoms with Crippen molar-refractivity contribution in [3.05, 3.63) is 45.3 Å². The van der Waals surface area contributed by atoms with Crippen LogP contribution in [0.25, 0.3) is 11.0 Å². The summed E-state index contributed by atoms with van der Waals surface area (Å²) in [6.45, 7) is 8.40. The average Bonchev–Trinajstić information content (AvgIpc) is 2.50. The number of hydrogen-bond donors (Lipinski definition) is 0. The fourth-order valence-corrected chi connectivity index (χ4v) is 3.56. The van der Waals surface area contributed by atoms with Gasteiger partial charge in [0.15, 0.2) is 0 Å². The summed E-state index contributed by atoms with van der Waals surface area (Å²) in [5.74, 6) is 0. The molecule has 0 saturated carbocycles. The molecular weight excluding hydrogens is 274 g/mol. The Morgan fingerprint density at radius 2 is 1.95 bits per heavy atom. The standard InChI is InChI=1S/C19H25NO2/c1-4-16-7-5-6-8-20(16)12-15-11-19(21)22-18-10-14(3)13(2)9-17(15)18/h9-11,16H,4-8,12H2,1-3H3. The van der Waals surface area contributed by atoms with E-state index in [2.05, 4.69) is 31.7 Å². The summed E-state index contributed by atoms with van der Waals surface area (Å²) in [4.78, 5) is 14.4. The highest BCUT2D eigenvalue weighted by Gasteiger charge is 2.22. The van der Waals surface area contributed by atoms with E-state index in [1.54, 1.807) is 6.07 Å². The number of fused-ring (bicyclic) bond motifs is 1. The molecule has 2 aromatic rings. The monoisotopic (exact) mass is 299 g/mol. The van der Waals surface area contributed by atoms with E-state index < -0.39 is 0 Å². The van der Waals surface area contributed by atoms with E-state index in [4.69, 9.17) is 4.42 Å². The van der Waals surface area contributed by atoms with Crippen LogP contribution in [0.4, 0.5) is 0 Å². The largest absolute Gasteiger partial charge is 0.423 e. The summed E-state index contributed by atoms with van der Waals surface area (Å²) in [6.07, 6.45) is 5.03. The van der Waals surface area contributed by atoms with Crippen molar-refractivity contribution in [2.24, 2.45) is 0 Å². The third-order valence-electron chi connectivity index (χ3n) is 5.04. The highest BCUT2D eigenvalue weighted by molar-refractivity contribution is 5.81. The molecule has 1 fully saturated rings. The first-order valence-electron chi connectivity index (χ1n) is 8.36. The smallest absolute Gasteiger partial charge is 0.336 e. The first-order valence-corrected chi connectivity index (χ1v) is 8.36. The van der Waals surface area contributed by atoms with E-state index in [0.29, 0.717) is 6.04 Å². The van der Waals surface area contributed by atoms with Gasteiger partial charge in [0.1, 0.15) is 5.58 Å². The van der Waals surface area contributed by atoms with Crippen molar-refractivity contribution in [1.82, 2.24) is 4.90 Å². The molecule has 1 aliphatic rings.